The van der Waals surface area contributed by atoms with Crippen molar-refractivity contribution in [2.75, 3.05) is 36.1 Å². The molecule has 0 saturated heterocycles. The summed E-state index contributed by atoms with van der Waals surface area (Å²) in [4.78, 5) is 21.0. The van der Waals surface area contributed by atoms with Crippen LogP contribution in [0.2, 0.25) is 0 Å². The van der Waals surface area contributed by atoms with Gasteiger partial charge in [0.05, 0.1) is 7.11 Å². The van der Waals surface area contributed by atoms with Crippen molar-refractivity contribution < 1.29 is 13.9 Å². The predicted octanol–water partition coefficient (Wildman–Crippen LogP) is 4.03. The minimum Gasteiger partial charge on any atom is -0.497 e. The molecule has 31 heavy (non-hydrogen) atoms. The van der Waals surface area contributed by atoms with Crippen molar-refractivity contribution in [2.24, 2.45) is 0 Å². The number of carbonyl (C=O) groups is 1. The smallest absolute Gasteiger partial charge is 0.226 e. The molecule has 0 atom stereocenters. The fourth-order valence-corrected chi connectivity index (χ4v) is 2.91. The third-order valence-corrected chi connectivity index (χ3v) is 4.50. The van der Waals surface area contributed by atoms with Crippen molar-refractivity contribution in [2.45, 2.75) is 19.8 Å². The van der Waals surface area contributed by atoms with Gasteiger partial charge in [0.25, 0.3) is 0 Å². The molecule has 0 saturated carbocycles. The predicted molar refractivity (Wildman–Crippen MR) is 120 cm³/mol. The Morgan fingerprint density at radius 3 is 2.45 bits per heavy atom. The number of ether oxygens (including phenoxy) is 1. The molecular formula is C23H26FN5O2. The highest BCUT2D eigenvalue weighted by Gasteiger charge is 2.05. The van der Waals surface area contributed by atoms with Gasteiger partial charge >= 0.3 is 0 Å². The van der Waals surface area contributed by atoms with E-state index in [0.29, 0.717) is 31.3 Å². The van der Waals surface area contributed by atoms with Gasteiger partial charge in [-0.25, -0.2) is 9.37 Å². The molecule has 0 radical (unpaired) electrons. The lowest BCUT2D eigenvalue weighted by molar-refractivity contribution is -0.115. The first-order valence-corrected chi connectivity index (χ1v) is 10.0. The van der Waals surface area contributed by atoms with E-state index in [2.05, 4.69) is 25.9 Å². The van der Waals surface area contributed by atoms with Crippen molar-refractivity contribution in [1.29, 1.82) is 0 Å². The summed E-state index contributed by atoms with van der Waals surface area (Å²) in [5.74, 6) is 1.55. The molecule has 0 aliphatic heterocycles. The van der Waals surface area contributed by atoms with E-state index in [1.54, 1.807) is 43.5 Å². The summed E-state index contributed by atoms with van der Waals surface area (Å²) in [6.45, 7) is 2.95. The van der Waals surface area contributed by atoms with Gasteiger partial charge in [-0.1, -0.05) is 12.1 Å². The van der Waals surface area contributed by atoms with Crippen LogP contribution < -0.4 is 20.7 Å². The molecule has 3 aromatic rings. The highest BCUT2D eigenvalue weighted by molar-refractivity contribution is 5.91. The average molecular weight is 423 g/mol. The van der Waals surface area contributed by atoms with Crippen LogP contribution in [0.15, 0.2) is 54.6 Å². The first-order valence-electron chi connectivity index (χ1n) is 10.0. The SMILES string of the molecule is COc1ccc(NC(=O)CCNc2cc(C)nc(NCCc3ccc(F)cc3)n2)cc1. The van der Waals surface area contributed by atoms with Crippen molar-refractivity contribution in [3.63, 3.8) is 0 Å². The van der Waals surface area contributed by atoms with Crippen LogP contribution in [-0.2, 0) is 11.2 Å². The summed E-state index contributed by atoms with van der Waals surface area (Å²) >= 11 is 0. The Labute approximate surface area is 181 Å². The Balaban J connectivity index is 1.44. The van der Waals surface area contributed by atoms with Crippen LogP contribution in [0.25, 0.3) is 0 Å². The van der Waals surface area contributed by atoms with Gasteiger partial charge in [0.15, 0.2) is 0 Å². The number of anilines is 3. The number of nitrogens with zero attached hydrogens (tertiary/aromatic N) is 2. The molecule has 0 fully saturated rings. The van der Waals surface area contributed by atoms with Crippen molar-refractivity contribution in [1.82, 2.24) is 9.97 Å². The van der Waals surface area contributed by atoms with Crippen LogP contribution in [0.1, 0.15) is 17.7 Å². The molecule has 3 rings (SSSR count). The average Bonchev–Trinajstić information content (AvgIpc) is 2.75. The van der Waals surface area contributed by atoms with Crippen LogP contribution in [0.3, 0.4) is 0 Å². The van der Waals surface area contributed by atoms with Gasteiger partial charge < -0.3 is 20.7 Å². The normalized spacial score (nSPS) is 10.4. The summed E-state index contributed by atoms with van der Waals surface area (Å²) in [7, 11) is 1.60. The second-order valence-corrected chi connectivity index (χ2v) is 6.97. The standard InChI is InChI=1S/C23H26FN5O2/c1-16-15-21(25-14-12-22(30)28-19-7-9-20(31-2)10-8-19)29-23(27-16)26-13-11-17-3-5-18(24)6-4-17/h3-10,15H,11-14H2,1-2H3,(H,28,30)(H2,25,26,27,29). The summed E-state index contributed by atoms with van der Waals surface area (Å²) in [5.41, 5.74) is 2.56. The van der Waals surface area contributed by atoms with Crippen LogP contribution in [0.5, 0.6) is 5.75 Å². The lowest BCUT2D eigenvalue weighted by Gasteiger charge is -2.10. The molecular weight excluding hydrogens is 397 g/mol. The van der Waals surface area contributed by atoms with Gasteiger partial charge in [-0.05, 0) is 55.3 Å². The highest BCUT2D eigenvalue weighted by atomic mass is 19.1. The Morgan fingerprint density at radius 1 is 1.00 bits per heavy atom. The number of hydrogen-bond donors (Lipinski definition) is 3. The van der Waals surface area contributed by atoms with Crippen LogP contribution in [0.4, 0.5) is 21.8 Å². The maximum Gasteiger partial charge on any atom is 0.226 e. The second kappa shape index (κ2) is 10.9. The topological polar surface area (TPSA) is 88.2 Å². The van der Waals surface area contributed by atoms with E-state index in [9.17, 15) is 9.18 Å². The monoisotopic (exact) mass is 423 g/mol. The Bertz CT molecular complexity index is 994. The molecule has 1 heterocycles. The molecule has 2 aromatic carbocycles. The third-order valence-electron chi connectivity index (χ3n) is 4.50. The minimum atomic E-state index is -0.243. The van der Waals surface area contributed by atoms with Gasteiger partial charge in [-0.3, -0.25) is 4.79 Å². The first kappa shape index (κ1) is 22.0. The number of amides is 1. The molecule has 3 N–H and O–H groups in total. The molecule has 0 unspecified atom stereocenters. The maximum atomic E-state index is 13.0. The molecule has 0 bridgehead atoms. The van der Waals surface area contributed by atoms with Gasteiger partial charge in [0, 0.05) is 37.0 Å². The molecule has 0 aliphatic carbocycles. The zero-order valence-electron chi connectivity index (χ0n) is 17.6. The number of aryl methyl sites for hydroxylation is 1. The Hall–Kier alpha value is -3.68. The third kappa shape index (κ3) is 7.26. The molecule has 0 aliphatic rings. The number of nitrogens with one attached hydrogen (secondary N) is 3. The molecule has 0 spiro atoms. The van der Waals surface area contributed by atoms with Gasteiger partial charge in [-0.15, -0.1) is 0 Å². The first-order chi connectivity index (χ1) is 15.0. The molecule has 1 amide bonds. The maximum absolute atomic E-state index is 13.0. The van der Waals surface area contributed by atoms with Crippen molar-refractivity contribution in [3.8, 4) is 5.75 Å². The van der Waals surface area contributed by atoms with Crippen LogP contribution in [0, 0.1) is 12.7 Å². The second-order valence-electron chi connectivity index (χ2n) is 6.97. The van der Waals surface area contributed by atoms with Crippen LogP contribution >= 0.6 is 0 Å². The van der Waals surface area contributed by atoms with Crippen molar-refractivity contribution >= 4 is 23.4 Å². The number of rotatable bonds is 10. The zero-order valence-corrected chi connectivity index (χ0v) is 17.6. The van der Waals surface area contributed by atoms with E-state index in [1.165, 1.54) is 12.1 Å². The largest absolute Gasteiger partial charge is 0.497 e. The van der Waals surface area contributed by atoms with Gasteiger partial charge in [0.1, 0.15) is 17.4 Å². The van der Waals surface area contributed by atoms with E-state index in [0.717, 1.165) is 29.1 Å². The van der Waals surface area contributed by atoms with E-state index in [1.807, 2.05) is 13.0 Å². The number of aromatic nitrogens is 2. The zero-order chi connectivity index (χ0) is 22.1. The fourth-order valence-electron chi connectivity index (χ4n) is 2.91. The van der Waals surface area contributed by atoms with E-state index in [4.69, 9.17) is 4.74 Å². The summed E-state index contributed by atoms with van der Waals surface area (Å²) in [6.07, 6.45) is 1.02. The number of hydrogen-bond acceptors (Lipinski definition) is 6. The molecule has 7 nitrogen and oxygen atoms in total. The number of carbonyl (C=O) groups excluding carboxylic acids is 1. The molecule has 8 heteroatoms. The lowest BCUT2D eigenvalue weighted by atomic mass is 10.1. The molecule has 1 aromatic heterocycles. The number of benzene rings is 2. The Kier molecular flexibility index (Phi) is 7.75. The molecule has 162 valence electrons. The summed E-state index contributed by atoms with van der Waals surface area (Å²) < 4.78 is 18.1. The Morgan fingerprint density at radius 2 is 1.74 bits per heavy atom. The van der Waals surface area contributed by atoms with Gasteiger partial charge in [-0.2, -0.15) is 4.98 Å². The van der Waals surface area contributed by atoms with E-state index < -0.39 is 0 Å². The summed E-state index contributed by atoms with van der Waals surface area (Å²) in [6, 6.07) is 15.4. The van der Waals surface area contributed by atoms with Crippen molar-refractivity contribution in [3.05, 3.63) is 71.7 Å². The number of halogens is 1. The lowest BCUT2D eigenvalue weighted by Crippen LogP contribution is -2.17. The fraction of sp³-hybridized carbons (Fsp3) is 0.261. The van der Waals surface area contributed by atoms with Gasteiger partial charge in [0.2, 0.25) is 11.9 Å². The van der Waals surface area contributed by atoms with E-state index in [-0.39, 0.29) is 11.7 Å². The minimum absolute atomic E-state index is 0.0962. The number of methoxy groups -OCH3 is 1. The summed E-state index contributed by atoms with van der Waals surface area (Å²) in [5, 5.41) is 9.19. The highest BCUT2D eigenvalue weighted by Crippen LogP contribution is 2.15. The van der Waals surface area contributed by atoms with Crippen LogP contribution in [-0.4, -0.2) is 36.1 Å². The quantitative estimate of drug-likeness (QED) is 0.456. The van der Waals surface area contributed by atoms with E-state index >= 15 is 0 Å².